The Morgan fingerprint density at radius 2 is 1.92 bits per heavy atom. The third-order valence-electron chi connectivity index (χ3n) is 3.73. The first-order valence-corrected chi connectivity index (χ1v) is 8.21. The Morgan fingerprint density at radius 1 is 1.28 bits per heavy atom. The van der Waals surface area contributed by atoms with E-state index < -0.39 is 43.2 Å². The lowest BCUT2D eigenvalue weighted by atomic mass is 9.97. The first-order chi connectivity index (χ1) is 11.8. The molecule has 1 aliphatic heterocycles. The van der Waals surface area contributed by atoms with Crippen LogP contribution < -0.4 is 5.32 Å². The number of amides is 1. The van der Waals surface area contributed by atoms with Crippen LogP contribution in [0.5, 0.6) is 0 Å². The van der Waals surface area contributed by atoms with Gasteiger partial charge < -0.3 is 30.1 Å². The lowest BCUT2D eigenvalue weighted by Crippen LogP contribution is -2.64. The molecule has 0 bridgehead atoms. The lowest BCUT2D eigenvalue weighted by molar-refractivity contribution is -0.262. The molecule has 4 N–H and O–H groups in total. The summed E-state index contributed by atoms with van der Waals surface area (Å²) in [5, 5.41) is 32.6. The molecule has 5 atom stereocenters. The van der Waals surface area contributed by atoms with Gasteiger partial charge in [0.05, 0.1) is 6.61 Å². The van der Waals surface area contributed by atoms with Crippen LogP contribution in [-0.4, -0.2) is 65.6 Å². The van der Waals surface area contributed by atoms with Crippen molar-refractivity contribution in [3.63, 3.8) is 0 Å². The summed E-state index contributed by atoms with van der Waals surface area (Å²) in [6.45, 7) is -0.492. The van der Waals surface area contributed by atoms with Gasteiger partial charge in [-0.15, -0.1) is 0 Å². The van der Waals surface area contributed by atoms with Gasteiger partial charge in [-0.1, -0.05) is 23.2 Å². The number of aliphatic hydroxyl groups excluding tert-OH is 3. The van der Waals surface area contributed by atoms with Crippen molar-refractivity contribution in [3.8, 4) is 0 Å². The van der Waals surface area contributed by atoms with E-state index in [-0.39, 0.29) is 0 Å². The van der Waals surface area contributed by atoms with Crippen molar-refractivity contribution >= 4 is 35.2 Å². The summed E-state index contributed by atoms with van der Waals surface area (Å²) in [7, 11) is 1.33. The molecule has 1 heterocycles. The third kappa shape index (κ3) is 5.15. The monoisotopic (exact) mass is 391 g/mol. The Labute approximate surface area is 154 Å². The molecule has 0 spiro atoms. The van der Waals surface area contributed by atoms with Crippen LogP contribution in [0.15, 0.2) is 24.3 Å². The number of halogens is 2. The van der Waals surface area contributed by atoms with Crippen LogP contribution in [0.4, 0.5) is 0 Å². The second-order valence-electron chi connectivity index (χ2n) is 5.51. The zero-order valence-electron chi connectivity index (χ0n) is 13.3. The number of nitrogens with one attached hydrogen (secondary N) is 1. The molecular weight excluding hydrogens is 373 g/mol. The zero-order valence-corrected chi connectivity index (χ0v) is 14.8. The molecule has 138 valence electrons. The molecule has 0 aromatic heterocycles. The van der Waals surface area contributed by atoms with Crippen LogP contribution in [0, 0.1) is 0 Å². The van der Waals surface area contributed by atoms with Crippen LogP contribution in [0.25, 0.3) is 6.08 Å². The molecule has 1 amide bonds. The normalized spacial score (nSPS) is 29.8. The van der Waals surface area contributed by atoms with Gasteiger partial charge in [0.2, 0.25) is 5.91 Å². The van der Waals surface area contributed by atoms with E-state index in [4.69, 9.17) is 37.8 Å². The maximum atomic E-state index is 12.1. The second kappa shape index (κ2) is 8.95. The van der Waals surface area contributed by atoms with Crippen LogP contribution in [-0.2, 0) is 14.3 Å². The van der Waals surface area contributed by atoms with Crippen molar-refractivity contribution in [2.45, 2.75) is 30.6 Å². The summed E-state index contributed by atoms with van der Waals surface area (Å²) < 4.78 is 10.4. The highest BCUT2D eigenvalue weighted by molar-refractivity contribution is 6.34. The highest BCUT2D eigenvalue weighted by Gasteiger charge is 2.44. The molecule has 1 saturated heterocycles. The van der Waals surface area contributed by atoms with Gasteiger partial charge in [0.15, 0.2) is 6.29 Å². The number of rotatable bonds is 5. The van der Waals surface area contributed by atoms with Gasteiger partial charge in [0.25, 0.3) is 0 Å². The van der Waals surface area contributed by atoms with Gasteiger partial charge in [-0.2, -0.15) is 0 Å². The average Bonchev–Trinajstić information content (AvgIpc) is 2.56. The standard InChI is InChI=1S/C16H19Cl2NO6/c1-24-16-13(15(23)14(22)11(7-20)25-16)19-12(21)3-2-8-4-9(17)6-10(18)5-8/h2-6,11,13-16,20,22-23H,7H2,1H3,(H,19,21)/b3-2+. The van der Waals surface area contributed by atoms with Crippen LogP contribution in [0.2, 0.25) is 10.0 Å². The molecule has 1 aromatic rings. The van der Waals surface area contributed by atoms with E-state index >= 15 is 0 Å². The van der Waals surface area contributed by atoms with Crippen LogP contribution in [0.1, 0.15) is 5.56 Å². The smallest absolute Gasteiger partial charge is 0.244 e. The van der Waals surface area contributed by atoms with Crippen molar-refractivity contribution in [3.05, 3.63) is 39.9 Å². The molecule has 25 heavy (non-hydrogen) atoms. The molecule has 0 radical (unpaired) electrons. The summed E-state index contributed by atoms with van der Waals surface area (Å²) >= 11 is 11.8. The Hall–Kier alpha value is -1.19. The van der Waals surface area contributed by atoms with Crippen LogP contribution >= 0.6 is 23.2 Å². The minimum absolute atomic E-state index is 0.432. The number of methoxy groups -OCH3 is 1. The van der Waals surface area contributed by atoms with Crippen molar-refractivity contribution in [1.29, 1.82) is 0 Å². The zero-order chi connectivity index (χ0) is 18.6. The predicted molar refractivity (Wildman–Crippen MR) is 92.2 cm³/mol. The summed E-state index contributed by atoms with van der Waals surface area (Å²) in [6.07, 6.45) is -2.03. The molecular formula is C16H19Cl2NO6. The Bertz CT molecular complexity index is 619. The summed E-state index contributed by atoms with van der Waals surface area (Å²) in [4.78, 5) is 12.1. The molecule has 9 heteroatoms. The summed E-state index contributed by atoms with van der Waals surface area (Å²) in [6, 6.07) is 3.81. The SMILES string of the molecule is COC1OC(CO)C(O)C(O)C1NC(=O)/C=C/c1cc(Cl)cc(Cl)c1. The van der Waals surface area contributed by atoms with Gasteiger partial charge in [-0.3, -0.25) is 4.79 Å². The van der Waals surface area contributed by atoms with E-state index in [9.17, 15) is 15.0 Å². The fraction of sp³-hybridized carbons (Fsp3) is 0.438. The molecule has 1 aliphatic rings. The minimum Gasteiger partial charge on any atom is -0.394 e. The fourth-order valence-corrected chi connectivity index (χ4v) is 3.04. The molecule has 1 aromatic carbocycles. The topological polar surface area (TPSA) is 108 Å². The lowest BCUT2D eigenvalue weighted by Gasteiger charge is -2.41. The number of ether oxygens (including phenoxy) is 2. The summed E-state index contributed by atoms with van der Waals surface area (Å²) in [5.74, 6) is -0.541. The number of hydrogen-bond donors (Lipinski definition) is 4. The second-order valence-corrected chi connectivity index (χ2v) is 6.39. The predicted octanol–water partition coefficient (Wildman–Crippen LogP) is 0.577. The first kappa shape index (κ1) is 20.1. The Kier molecular flexibility index (Phi) is 7.21. The first-order valence-electron chi connectivity index (χ1n) is 7.45. The number of benzene rings is 1. The van der Waals surface area contributed by atoms with Gasteiger partial charge in [-0.25, -0.2) is 0 Å². The molecule has 2 rings (SSSR count). The van der Waals surface area contributed by atoms with Crippen molar-refractivity contribution in [2.24, 2.45) is 0 Å². The largest absolute Gasteiger partial charge is 0.394 e. The van der Waals surface area contributed by atoms with Crippen molar-refractivity contribution in [2.75, 3.05) is 13.7 Å². The maximum Gasteiger partial charge on any atom is 0.244 e. The van der Waals surface area contributed by atoms with Crippen LogP contribution in [0.3, 0.4) is 0 Å². The number of aliphatic hydroxyl groups is 3. The Balaban J connectivity index is 2.06. The quantitative estimate of drug-likeness (QED) is 0.546. The fourth-order valence-electron chi connectivity index (χ4n) is 2.49. The van der Waals surface area contributed by atoms with E-state index in [1.165, 1.54) is 19.3 Å². The van der Waals surface area contributed by atoms with Gasteiger partial charge in [0.1, 0.15) is 24.4 Å². The molecule has 0 aliphatic carbocycles. The van der Waals surface area contributed by atoms with Gasteiger partial charge in [-0.05, 0) is 29.8 Å². The van der Waals surface area contributed by atoms with E-state index in [1.54, 1.807) is 18.2 Å². The Morgan fingerprint density at radius 3 is 2.48 bits per heavy atom. The van der Waals surface area contributed by atoms with Gasteiger partial charge in [0, 0.05) is 23.2 Å². The molecule has 7 nitrogen and oxygen atoms in total. The van der Waals surface area contributed by atoms with Crippen molar-refractivity contribution in [1.82, 2.24) is 5.32 Å². The highest BCUT2D eigenvalue weighted by atomic mass is 35.5. The maximum absolute atomic E-state index is 12.1. The number of hydrogen-bond acceptors (Lipinski definition) is 6. The van der Waals surface area contributed by atoms with Gasteiger partial charge >= 0.3 is 0 Å². The van der Waals surface area contributed by atoms with E-state index in [0.29, 0.717) is 15.6 Å². The number of carbonyl (C=O) groups is 1. The third-order valence-corrected chi connectivity index (χ3v) is 4.17. The highest BCUT2D eigenvalue weighted by Crippen LogP contribution is 2.22. The average molecular weight is 392 g/mol. The summed E-state index contributed by atoms with van der Waals surface area (Å²) in [5.41, 5.74) is 0.622. The van der Waals surface area contributed by atoms with E-state index in [0.717, 1.165) is 0 Å². The molecule has 0 saturated carbocycles. The molecule has 1 fully saturated rings. The minimum atomic E-state index is -1.37. The van der Waals surface area contributed by atoms with Crippen molar-refractivity contribution < 1.29 is 29.6 Å². The molecule has 5 unspecified atom stereocenters. The van der Waals surface area contributed by atoms with E-state index in [1.807, 2.05) is 0 Å². The van der Waals surface area contributed by atoms with E-state index in [2.05, 4.69) is 5.32 Å². The number of carbonyl (C=O) groups excluding carboxylic acids is 1.